The lowest BCUT2D eigenvalue weighted by Gasteiger charge is -2.07. The van der Waals surface area contributed by atoms with Crippen LogP contribution in [0, 0.1) is 0 Å². The molecular weight excluding hydrogens is 743 g/mol. The van der Waals surface area contributed by atoms with Gasteiger partial charge in [-0.1, -0.05) is 82.7 Å². The summed E-state index contributed by atoms with van der Waals surface area (Å²) in [4.78, 5) is 30.9. The first-order valence-electron chi connectivity index (χ1n) is 16.5. The lowest BCUT2D eigenvalue weighted by molar-refractivity contribution is 0.0517. The van der Waals surface area contributed by atoms with Gasteiger partial charge in [-0.15, -0.1) is 22.7 Å². The average Bonchev–Trinajstić information content (AvgIpc) is 3.79. The molecule has 3 heterocycles. The Kier molecular flexibility index (Phi) is 11.9. The Morgan fingerprint density at radius 3 is 1.73 bits per heavy atom. The van der Waals surface area contributed by atoms with Crippen LogP contribution < -0.4 is 4.74 Å². The molecule has 0 fully saturated rings. The first kappa shape index (κ1) is 36.0. The highest BCUT2D eigenvalue weighted by molar-refractivity contribution is 9.08. The van der Waals surface area contributed by atoms with Gasteiger partial charge in [-0.25, -0.2) is 14.6 Å². The van der Waals surface area contributed by atoms with Crippen molar-refractivity contribution in [1.29, 1.82) is 0 Å². The molecule has 9 heteroatoms. The minimum absolute atomic E-state index is 0.274. The van der Waals surface area contributed by atoms with E-state index in [1.807, 2.05) is 62.4 Å². The zero-order valence-corrected chi connectivity index (χ0v) is 31.7. The molecule has 0 unspecified atom stereocenters. The van der Waals surface area contributed by atoms with Crippen LogP contribution in [0.2, 0.25) is 0 Å². The molecule has 0 atom stereocenters. The van der Waals surface area contributed by atoms with Gasteiger partial charge in [0.15, 0.2) is 0 Å². The lowest BCUT2D eigenvalue weighted by atomic mass is 10.0. The van der Waals surface area contributed by atoms with Crippen molar-refractivity contribution in [3.05, 3.63) is 142 Å². The molecule has 6 nitrogen and oxygen atoms in total. The molecule has 7 rings (SSSR count). The predicted molar refractivity (Wildman–Crippen MR) is 213 cm³/mol. The fourth-order valence-electron chi connectivity index (χ4n) is 5.83. The van der Waals surface area contributed by atoms with E-state index in [-0.39, 0.29) is 11.9 Å². The summed E-state index contributed by atoms with van der Waals surface area (Å²) in [6, 6.07) is 36.2. The van der Waals surface area contributed by atoms with Crippen LogP contribution >= 0.6 is 38.6 Å². The molecule has 0 aliphatic rings. The zero-order valence-electron chi connectivity index (χ0n) is 28.5. The number of rotatable bonds is 10. The van der Waals surface area contributed by atoms with Crippen molar-refractivity contribution in [2.24, 2.45) is 0 Å². The minimum Gasteiger partial charge on any atom is -0.481 e. The molecule has 0 bridgehead atoms. The van der Waals surface area contributed by atoms with Gasteiger partial charge in [-0.3, -0.25) is 0 Å². The van der Waals surface area contributed by atoms with Crippen LogP contribution in [0.3, 0.4) is 0 Å². The first-order chi connectivity index (χ1) is 24.9. The van der Waals surface area contributed by atoms with Crippen molar-refractivity contribution in [3.63, 3.8) is 0 Å². The molecule has 0 radical (unpaired) electrons. The summed E-state index contributed by atoms with van der Waals surface area (Å²) in [5, 5.41) is 3.28. The Hall–Kier alpha value is -4.83. The summed E-state index contributed by atoms with van der Waals surface area (Å²) < 4.78 is 18.1. The van der Waals surface area contributed by atoms with Crippen LogP contribution in [0.4, 0.5) is 0 Å². The molecular formula is C42H36BrNO5S2. The topological polar surface area (TPSA) is 74.7 Å². The van der Waals surface area contributed by atoms with Crippen molar-refractivity contribution in [3.8, 4) is 28.1 Å². The maximum absolute atomic E-state index is 12.1. The van der Waals surface area contributed by atoms with E-state index < -0.39 is 0 Å². The van der Waals surface area contributed by atoms with Gasteiger partial charge < -0.3 is 14.2 Å². The Morgan fingerprint density at radius 2 is 1.20 bits per heavy atom. The molecule has 0 spiro atoms. The number of benzene rings is 4. The number of ether oxygens (including phenoxy) is 3. The third-order valence-electron chi connectivity index (χ3n) is 8.10. The van der Waals surface area contributed by atoms with E-state index in [2.05, 4.69) is 69.4 Å². The molecule has 0 saturated heterocycles. The van der Waals surface area contributed by atoms with E-state index in [4.69, 9.17) is 14.2 Å². The van der Waals surface area contributed by atoms with Gasteiger partial charge >= 0.3 is 11.9 Å². The number of hydrogen-bond donors (Lipinski definition) is 0. The van der Waals surface area contributed by atoms with E-state index >= 15 is 0 Å². The van der Waals surface area contributed by atoms with Gasteiger partial charge in [0.05, 0.1) is 31.5 Å². The van der Waals surface area contributed by atoms with Crippen molar-refractivity contribution in [2.75, 3.05) is 20.3 Å². The molecule has 0 N–H and O–H groups in total. The number of pyridine rings is 1. The maximum Gasteiger partial charge on any atom is 0.338 e. The number of thiophene rings is 2. The summed E-state index contributed by atoms with van der Waals surface area (Å²) >= 11 is 7.05. The molecule has 0 amide bonds. The van der Waals surface area contributed by atoms with Crippen molar-refractivity contribution < 1.29 is 23.8 Å². The fourth-order valence-corrected chi connectivity index (χ4v) is 8.59. The van der Waals surface area contributed by atoms with Gasteiger partial charge in [-0.2, -0.15) is 0 Å². The molecule has 4 aromatic carbocycles. The first-order valence-corrected chi connectivity index (χ1v) is 19.3. The molecule has 0 aliphatic heterocycles. The lowest BCUT2D eigenvalue weighted by Crippen LogP contribution is -2.04. The van der Waals surface area contributed by atoms with E-state index in [9.17, 15) is 9.59 Å². The highest BCUT2D eigenvalue weighted by Gasteiger charge is 2.14. The monoisotopic (exact) mass is 777 g/mol. The second-order valence-corrected chi connectivity index (χ2v) is 14.3. The Labute approximate surface area is 313 Å². The molecule has 0 saturated carbocycles. The number of methoxy groups -OCH3 is 1. The number of aromatic nitrogens is 1. The van der Waals surface area contributed by atoms with Crippen LogP contribution in [0.1, 0.15) is 49.9 Å². The van der Waals surface area contributed by atoms with Crippen LogP contribution in [-0.4, -0.2) is 37.2 Å². The second-order valence-electron chi connectivity index (χ2n) is 11.5. The molecule has 3 aromatic heterocycles. The summed E-state index contributed by atoms with van der Waals surface area (Å²) in [6.07, 6.45) is 2.50. The molecule has 51 heavy (non-hydrogen) atoms. The maximum atomic E-state index is 12.1. The van der Waals surface area contributed by atoms with Gasteiger partial charge in [0.1, 0.15) is 0 Å². The van der Waals surface area contributed by atoms with E-state index in [1.54, 1.807) is 48.1 Å². The second kappa shape index (κ2) is 16.9. The number of halogens is 1. The molecule has 7 aromatic rings. The predicted octanol–water partition coefficient (Wildman–Crippen LogP) is 11.4. The van der Waals surface area contributed by atoms with Gasteiger partial charge in [-0.05, 0) is 89.3 Å². The number of carbonyl (C=O) groups excluding carboxylic acids is 2. The third-order valence-corrected chi connectivity index (χ3v) is 11.4. The number of nitrogens with zero attached hydrogens (tertiary/aromatic N) is 1. The van der Waals surface area contributed by atoms with E-state index in [1.165, 1.54) is 29.9 Å². The van der Waals surface area contributed by atoms with Gasteiger partial charge in [0.2, 0.25) is 5.88 Å². The van der Waals surface area contributed by atoms with Crippen molar-refractivity contribution in [2.45, 2.75) is 25.6 Å². The number of fused-ring (bicyclic) bond motifs is 2. The van der Waals surface area contributed by atoms with Crippen LogP contribution in [0.5, 0.6) is 5.88 Å². The van der Waals surface area contributed by atoms with E-state index in [0.717, 1.165) is 39.6 Å². The third kappa shape index (κ3) is 8.39. The summed E-state index contributed by atoms with van der Waals surface area (Å²) in [7, 11) is 1.64. The fraction of sp³-hybridized carbons (Fsp3) is 0.167. The zero-order chi connectivity index (χ0) is 35.7. The Balaban J connectivity index is 0.000000183. The van der Waals surface area contributed by atoms with E-state index in [0.29, 0.717) is 30.2 Å². The summed E-state index contributed by atoms with van der Waals surface area (Å²) in [5.41, 5.74) is 6.54. The van der Waals surface area contributed by atoms with Crippen LogP contribution in [0.25, 0.3) is 42.4 Å². The molecule has 258 valence electrons. The smallest absolute Gasteiger partial charge is 0.338 e. The van der Waals surface area contributed by atoms with Crippen LogP contribution in [0.15, 0.2) is 115 Å². The highest BCUT2D eigenvalue weighted by Crippen LogP contribution is 2.38. The summed E-state index contributed by atoms with van der Waals surface area (Å²) in [5.74, 6) is 0.0910. The largest absolute Gasteiger partial charge is 0.481 e. The quantitative estimate of drug-likeness (QED) is 0.102. The van der Waals surface area contributed by atoms with Gasteiger partial charge in [0, 0.05) is 42.7 Å². The summed E-state index contributed by atoms with van der Waals surface area (Å²) in [6.45, 7) is 4.38. The number of carbonyl (C=O) groups is 2. The van der Waals surface area contributed by atoms with Crippen molar-refractivity contribution in [1.82, 2.24) is 4.98 Å². The Bertz CT molecular complexity index is 2310. The van der Waals surface area contributed by atoms with Crippen LogP contribution in [-0.2, 0) is 21.2 Å². The standard InChI is InChI=1S/C24H21NO3S.C18H15BrO2S/c1-3-28-24(26)19-9-4-7-16(13-19)21-11-5-8-17-14-20(29-22(17)21)15-18-10-6-12-25-23(18)27-2;1-2-21-18(20)14-7-3-5-12(9-14)16-8-4-6-13-10-15(11-19)22-17(13)16/h4-14H,3,15H2,1-2H3;3-10H,2,11H2,1H3. The average molecular weight is 779 g/mol. The Morgan fingerprint density at radius 1 is 0.667 bits per heavy atom. The minimum atomic E-state index is -0.294. The SMILES string of the molecule is CCOC(=O)c1cccc(-c2cccc3cc(CBr)sc23)c1.CCOC(=O)c1cccc(-c2cccc3cc(Cc4cccnc4OC)sc23)c1. The number of esters is 2. The van der Waals surface area contributed by atoms with Gasteiger partial charge in [0.25, 0.3) is 0 Å². The molecule has 0 aliphatic carbocycles. The number of hydrogen-bond acceptors (Lipinski definition) is 8. The van der Waals surface area contributed by atoms with Crippen molar-refractivity contribution >= 4 is 70.7 Å². The normalized spacial score (nSPS) is 10.8. The highest BCUT2D eigenvalue weighted by atomic mass is 79.9. The number of alkyl halides is 1.